The monoisotopic (exact) mass is 254 g/mol. The molecule has 0 heterocycles. The van der Waals surface area contributed by atoms with Gasteiger partial charge in [0.05, 0.1) is 6.04 Å². The fourth-order valence-corrected chi connectivity index (χ4v) is 2.21. The Bertz CT molecular complexity index is 282. The molecule has 0 spiro atoms. The zero-order valence-electron chi connectivity index (χ0n) is 12.7. The molecule has 0 aromatic heterocycles. The molecule has 18 heavy (non-hydrogen) atoms. The van der Waals surface area contributed by atoms with E-state index in [2.05, 4.69) is 38.3 Å². The molecule has 0 aliphatic heterocycles. The van der Waals surface area contributed by atoms with Crippen LogP contribution in [-0.2, 0) is 4.79 Å². The predicted octanol–water partition coefficient (Wildman–Crippen LogP) is 2.85. The molecule has 3 heteroatoms. The molecule has 106 valence electrons. The summed E-state index contributed by atoms with van der Waals surface area (Å²) in [6, 6.07) is -0.0924. The Hall–Kier alpha value is -0.570. The summed E-state index contributed by atoms with van der Waals surface area (Å²) in [5.74, 6) is 0.120. The molecule has 1 atom stereocenters. The number of hydrogen-bond donors (Lipinski definition) is 2. The van der Waals surface area contributed by atoms with Gasteiger partial charge in [-0.25, -0.2) is 0 Å². The van der Waals surface area contributed by atoms with E-state index in [9.17, 15) is 4.79 Å². The first-order valence-electron chi connectivity index (χ1n) is 7.39. The van der Waals surface area contributed by atoms with E-state index in [0.717, 1.165) is 13.0 Å². The molecule has 0 aromatic carbocycles. The van der Waals surface area contributed by atoms with Crippen molar-refractivity contribution in [2.45, 2.75) is 78.3 Å². The highest BCUT2D eigenvalue weighted by Crippen LogP contribution is 2.48. The highest BCUT2D eigenvalue weighted by Gasteiger charge is 2.41. The van der Waals surface area contributed by atoms with Crippen LogP contribution in [0.4, 0.5) is 0 Å². The predicted molar refractivity (Wildman–Crippen MR) is 76.6 cm³/mol. The average Bonchev–Trinajstić information content (AvgIpc) is 3.06. The van der Waals surface area contributed by atoms with Gasteiger partial charge in [0.2, 0.25) is 5.91 Å². The summed E-state index contributed by atoms with van der Waals surface area (Å²) in [5, 5.41) is 6.50. The van der Waals surface area contributed by atoms with E-state index in [0.29, 0.717) is 5.41 Å². The summed E-state index contributed by atoms with van der Waals surface area (Å²) >= 11 is 0. The maximum atomic E-state index is 12.0. The minimum atomic E-state index is -0.103. The summed E-state index contributed by atoms with van der Waals surface area (Å²) in [6.45, 7) is 11.4. The minimum Gasteiger partial charge on any atom is -0.350 e. The van der Waals surface area contributed by atoms with Crippen LogP contribution in [0.1, 0.15) is 66.7 Å². The number of rotatable bonds is 8. The van der Waals surface area contributed by atoms with Gasteiger partial charge in [0.25, 0.3) is 0 Å². The number of amides is 1. The van der Waals surface area contributed by atoms with Crippen LogP contribution in [0, 0.1) is 5.41 Å². The molecule has 1 amide bonds. The second-order valence-electron chi connectivity index (χ2n) is 6.58. The van der Waals surface area contributed by atoms with E-state index in [1.807, 2.05) is 6.92 Å². The first-order chi connectivity index (χ1) is 8.34. The van der Waals surface area contributed by atoms with Crippen molar-refractivity contribution in [3.63, 3.8) is 0 Å². The van der Waals surface area contributed by atoms with Crippen molar-refractivity contribution in [1.29, 1.82) is 0 Å². The largest absolute Gasteiger partial charge is 0.350 e. The van der Waals surface area contributed by atoms with Gasteiger partial charge in [0, 0.05) is 12.1 Å². The molecule has 0 radical (unpaired) electrons. The van der Waals surface area contributed by atoms with Gasteiger partial charge in [-0.3, -0.25) is 4.79 Å². The van der Waals surface area contributed by atoms with Crippen LogP contribution in [-0.4, -0.2) is 24.0 Å². The van der Waals surface area contributed by atoms with E-state index < -0.39 is 0 Å². The zero-order chi connectivity index (χ0) is 13.8. The highest BCUT2D eigenvalue weighted by molar-refractivity contribution is 5.81. The van der Waals surface area contributed by atoms with Crippen molar-refractivity contribution in [3.8, 4) is 0 Å². The van der Waals surface area contributed by atoms with E-state index in [1.54, 1.807) is 0 Å². The average molecular weight is 254 g/mol. The van der Waals surface area contributed by atoms with Crippen molar-refractivity contribution in [2.75, 3.05) is 6.54 Å². The normalized spacial score (nSPS) is 19.4. The van der Waals surface area contributed by atoms with E-state index in [1.165, 1.54) is 25.7 Å². The molecule has 2 N–H and O–H groups in total. The first-order valence-corrected chi connectivity index (χ1v) is 7.39. The lowest BCUT2D eigenvalue weighted by Gasteiger charge is -2.27. The zero-order valence-corrected chi connectivity index (χ0v) is 12.7. The molecule has 0 aromatic rings. The summed E-state index contributed by atoms with van der Waals surface area (Å²) in [6.07, 6.45) is 6.12. The molecule has 3 nitrogen and oxygen atoms in total. The molecular formula is C15H30N2O. The lowest BCUT2D eigenvalue weighted by molar-refractivity contribution is -0.124. The van der Waals surface area contributed by atoms with Gasteiger partial charge in [-0.15, -0.1) is 0 Å². The van der Waals surface area contributed by atoms with Crippen LogP contribution in [0.5, 0.6) is 0 Å². The summed E-state index contributed by atoms with van der Waals surface area (Å²) < 4.78 is 0. The Morgan fingerprint density at radius 1 is 1.33 bits per heavy atom. The van der Waals surface area contributed by atoms with Crippen molar-refractivity contribution in [2.24, 2.45) is 5.41 Å². The van der Waals surface area contributed by atoms with Crippen molar-refractivity contribution >= 4 is 5.91 Å². The van der Waals surface area contributed by atoms with Crippen LogP contribution in [0.2, 0.25) is 0 Å². The molecular weight excluding hydrogens is 224 g/mol. The van der Waals surface area contributed by atoms with Crippen molar-refractivity contribution < 1.29 is 4.79 Å². The van der Waals surface area contributed by atoms with E-state index in [-0.39, 0.29) is 17.5 Å². The second kappa shape index (κ2) is 6.05. The third-order valence-corrected chi connectivity index (χ3v) is 4.26. The standard InChI is InChI=1S/C15H30N2O/c1-6-8-15(9-10-15)11-16-12(3)13(18)17-14(4,5)7-2/h12,16H,6-11H2,1-5H3,(H,17,18). The van der Waals surface area contributed by atoms with Gasteiger partial charge in [-0.2, -0.15) is 0 Å². The number of carbonyl (C=O) groups excluding carboxylic acids is 1. The fourth-order valence-electron chi connectivity index (χ4n) is 2.21. The topological polar surface area (TPSA) is 41.1 Å². The van der Waals surface area contributed by atoms with Crippen LogP contribution in [0.3, 0.4) is 0 Å². The van der Waals surface area contributed by atoms with E-state index in [4.69, 9.17) is 0 Å². The fraction of sp³-hybridized carbons (Fsp3) is 0.933. The Morgan fingerprint density at radius 3 is 2.39 bits per heavy atom. The summed E-state index contributed by atoms with van der Waals surface area (Å²) in [5.41, 5.74) is 0.400. The van der Waals surface area contributed by atoms with Crippen molar-refractivity contribution in [1.82, 2.24) is 10.6 Å². The van der Waals surface area contributed by atoms with Gasteiger partial charge < -0.3 is 10.6 Å². The number of carbonyl (C=O) groups is 1. The Morgan fingerprint density at radius 2 is 1.94 bits per heavy atom. The molecule has 1 fully saturated rings. The van der Waals surface area contributed by atoms with Crippen LogP contribution < -0.4 is 10.6 Å². The number of nitrogens with one attached hydrogen (secondary N) is 2. The summed E-state index contributed by atoms with van der Waals surface area (Å²) in [7, 11) is 0. The van der Waals surface area contributed by atoms with Crippen LogP contribution in [0.15, 0.2) is 0 Å². The van der Waals surface area contributed by atoms with Crippen LogP contribution in [0.25, 0.3) is 0 Å². The SMILES string of the molecule is CCCC1(CNC(C)C(=O)NC(C)(C)CC)CC1. The third-order valence-electron chi connectivity index (χ3n) is 4.26. The molecule has 0 bridgehead atoms. The van der Waals surface area contributed by atoms with Gasteiger partial charge in [0.15, 0.2) is 0 Å². The lowest BCUT2D eigenvalue weighted by atomic mass is 10.00. The smallest absolute Gasteiger partial charge is 0.237 e. The third kappa shape index (κ3) is 4.60. The lowest BCUT2D eigenvalue weighted by Crippen LogP contribution is -2.51. The molecule has 1 unspecified atom stereocenters. The first kappa shape index (κ1) is 15.5. The quantitative estimate of drug-likeness (QED) is 0.699. The van der Waals surface area contributed by atoms with Gasteiger partial charge in [-0.1, -0.05) is 20.3 Å². The van der Waals surface area contributed by atoms with Crippen molar-refractivity contribution in [3.05, 3.63) is 0 Å². The Kier molecular flexibility index (Phi) is 5.20. The minimum absolute atomic E-state index is 0.0924. The van der Waals surface area contributed by atoms with Gasteiger partial charge >= 0.3 is 0 Å². The van der Waals surface area contributed by atoms with Crippen LogP contribution >= 0.6 is 0 Å². The Labute approximate surface area is 112 Å². The highest BCUT2D eigenvalue weighted by atomic mass is 16.2. The maximum absolute atomic E-state index is 12.0. The van der Waals surface area contributed by atoms with Gasteiger partial charge in [0.1, 0.15) is 0 Å². The molecule has 1 saturated carbocycles. The Balaban J connectivity index is 2.32. The molecule has 0 saturated heterocycles. The van der Waals surface area contributed by atoms with E-state index >= 15 is 0 Å². The number of hydrogen-bond acceptors (Lipinski definition) is 2. The maximum Gasteiger partial charge on any atom is 0.237 e. The molecule has 1 aliphatic carbocycles. The van der Waals surface area contributed by atoms with Gasteiger partial charge in [-0.05, 0) is 51.9 Å². The molecule has 1 aliphatic rings. The molecule has 1 rings (SSSR count). The summed E-state index contributed by atoms with van der Waals surface area (Å²) in [4.78, 5) is 12.0. The second-order valence-corrected chi connectivity index (χ2v) is 6.58.